The highest BCUT2D eigenvalue weighted by Gasteiger charge is 2.38. The van der Waals surface area contributed by atoms with Crippen LogP contribution in [-0.4, -0.2) is 5.11 Å². The van der Waals surface area contributed by atoms with Crippen LogP contribution in [0.15, 0.2) is 18.2 Å². The summed E-state index contributed by atoms with van der Waals surface area (Å²) in [7, 11) is 0. The molecule has 1 aromatic rings. The molecule has 3 nitrogen and oxygen atoms in total. The van der Waals surface area contributed by atoms with Gasteiger partial charge in [0.2, 0.25) is 5.69 Å². The summed E-state index contributed by atoms with van der Waals surface area (Å²) in [5.74, 6) is 0. The zero-order chi connectivity index (χ0) is 10.9. The lowest BCUT2D eigenvalue weighted by atomic mass is 9.82. The minimum absolute atomic E-state index is 0.117. The molecule has 0 saturated heterocycles. The van der Waals surface area contributed by atoms with Crippen LogP contribution in [0.1, 0.15) is 37.8 Å². The average Bonchev–Trinajstić information content (AvgIpc) is 2.23. The molecule has 0 unspecified atom stereocenters. The van der Waals surface area contributed by atoms with Gasteiger partial charge in [0.15, 0.2) is 0 Å². The maximum absolute atomic E-state index is 11.7. The highest BCUT2D eigenvalue weighted by Crippen LogP contribution is 2.35. The first kappa shape index (κ1) is 10.7. The molecule has 0 radical (unpaired) electrons. The van der Waals surface area contributed by atoms with E-state index in [4.69, 9.17) is 11.6 Å². The van der Waals surface area contributed by atoms with Gasteiger partial charge in [0, 0.05) is 12.1 Å². The van der Waals surface area contributed by atoms with E-state index < -0.39 is 5.60 Å². The first-order valence-corrected chi connectivity index (χ1v) is 5.62. The lowest BCUT2D eigenvalue weighted by Crippen LogP contribution is -2.44. The highest BCUT2D eigenvalue weighted by atomic mass is 35.5. The van der Waals surface area contributed by atoms with Crippen LogP contribution >= 0.6 is 11.6 Å². The van der Waals surface area contributed by atoms with Gasteiger partial charge in [-0.1, -0.05) is 6.42 Å². The van der Waals surface area contributed by atoms with Crippen LogP contribution < -0.4 is 4.73 Å². The van der Waals surface area contributed by atoms with Crippen molar-refractivity contribution in [1.29, 1.82) is 0 Å². The molecule has 1 N–H and O–H groups in total. The van der Waals surface area contributed by atoms with Crippen molar-refractivity contribution >= 4 is 11.6 Å². The summed E-state index contributed by atoms with van der Waals surface area (Å²) in [6, 6.07) is 4.90. The minimum Gasteiger partial charge on any atom is -0.617 e. The van der Waals surface area contributed by atoms with Crippen LogP contribution in [0.25, 0.3) is 0 Å². The molecule has 0 atom stereocenters. The Labute approximate surface area is 93.9 Å². The van der Waals surface area contributed by atoms with Gasteiger partial charge < -0.3 is 10.3 Å². The predicted molar refractivity (Wildman–Crippen MR) is 57.4 cm³/mol. The molecular weight excluding hydrogens is 214 g/mol. The van der Waals surface area contributed by atoms with Crippen molar-refractivity contribution in [3.8, 4) is 0 Å². The molecule has 2 rings (SSSR count). The molecule has 0 bridgehead atoms. The molecule has 0 amide bonds. The molecule has 1 saturated carbocycles. The van der Waals surface area contributed by atoms with Crippen molar-refractivity contribution in [1.82, 2.24) is 0 Å². The molecule has 0 aromatic carbocycles. The maximum atomic E-state index is 11.7. The van der Waals surface area contributed by atoms with E-state index in [1.165, 1.54) is 6.07 Å². The van der Waals surface area contributed by atoms with Crippen molar-refractivity contribution in [2.75, 3.05) is 0 Å². The number of aromatic nitrogens is 1. The summed E-state index contributed by atoms with van der Waals surface area (Å²) in [6.45, 7) is 0. The SMILES string of the molecule is [O-][n+]1c(Cl)cccc1C1(O)CCCCC1. The molecule has 0 spiro atoms. The van der Waals surface area contributed by atoms with E-state index in [2.05, 4.69) is 0 Å². The number of halogens is 1. The highest BCUT2D eigenvalue weighted by molar-refractivity contribution is 6.28. The first-order chi connectivity index (χ1) is 7.13. The van der Waals surface area contributed by atoms with E-state index in [1.807, 2.05) is 0 Å². The lowest BCUT2D eigenvalue weighted by Gasteiger charge is -2.30. The van der Waals surface area contributed by atoms with Gasteiger partial charge in [0.25, 0.3) is 5.15 Å². The Bertz CT molecular complexity index is 362. The summed E-state index contributed by atoms with van der Waals surface area (Å²) in [6.07, 6.45) is 4.35. The van der Waals surface area contributed by atoms with Crippen molar-refractivity contribution in [3.05, 3.63) is 34.3 Å². The van der Waals surface area contributed by atoms with Crippen molar-refractivity contribution < 1.29 is 9.84 Å². The van der Waals surface area contributed by atoms with E-state index in [-0.39, 0.29) is 5.15 Å². The Morgan fingerprint density at radius 2 is 1.93 bits per heavy atom. The molecule has 1 aliphatic carbocycles. The Morgan fingerprint density at radius 1 is 1.27 bits per heavy atom. The van der Waals surface area contributed by atoms with Crippen LogP contribution in [0.4, 0.5) is 0 Å². The van der Waals surface area contributed by atoms with Crippen LogP contribution in [0.5, 0.6) is 0 Å². The minimum atomic E-state index is -0.981. The molecule has 1 heterocycles. The predicted octanol–water partition coefficient (Wildman–Crippen LogP) is 2.13. The maximum Gasteiger partial charge on any atom is 0.286 e. The van der Waals surface area contributed by atoms with E-state index in [1.54, 1.807) is 12.1 Å². The van der Waals surface area contributed by atoms with E-state index in [9.17, 15) is 10.3 Å². The second kappa shape index (κ2) is 3.99. The Balaban J connectivity index is 2.39. The number of pyridine rings is 1. The largest absolute Gasteiger partial charge is 0.617 e. The van der Waals surface area contributed by atoms with E-state index in [0.717, 1.165) is 19.3 Å². The molecule has 1 aliphatic rings. The second-order valence-corrected chi connectivity index (χ2v) is 4.51. The van der Waals surface area contributed by atoms with Gasteiger partial charge in [-0.15, -0.1) is 0 Å². The third-order valence-electron chi connectivity index (χ3n) is 3.06. The lowest BCUT2D eigenvalue weighted by molar-refractivity contribution is -0.621. The number of hydrogen-bond acceptors (Lipinski definition) is 2. The van der Waals surface area contributed by atoms with Gasteiger partial charge >= 0.3 is 0 Å². The number of hydrogen-bond donors (Lipinski definition) is 1. The summed E-state index contributed by atoms with van der Waals surface area (Å²) in [4.78, 5) is 0. The normalized spacial score (nSPS) is 20.1. The Morgan fingerprint density at radius 3 is 2.60 bits per heavy atom. The zero-order valence-electron chi connectivity index (χ0n) is 8.45. The molecule has 1 fully saturated rings. The Kier molecular flexibility index (Phi) is 2.85. The van der Waals surface area contributed by atoms with Gasteiger partial charge in [-0.2, -0.15) is 4.73 Å². The Hall–Kier alpha value is -0.800. The van der Waals surface area contributed by atoms with Crippen molar-refractivity contribution in [2.45, 2.75) is 37.7 Å². The van der Waals surface area contributed by atoms with Gasteiger partial charge in [-0.3, -0.25) is 0 Å². The smallest absolute Gasteiger partial charge is 0.286 e. The molecular formula is C11H14ClNO2. The monoisotopic (exact) mass is 227 g/mol. The standard InChI is InChI=1S/C11H14ClNO2/c12-10-6-4-5-9(13(10)15)11(14)7-2-1-3-8-11/h4-6,14H,1-3,7-8H2. The van der Waals surface area contributed by atoms with Crippen molar-refractivity contribution in [2.24, 2.45) is 0 Å². The summed E-state index contributed by atoms with van der Waals surface area (Å²) < 4.78 is 0.632. The van der Waals surface area contributed by atoms with E-state index >= 15 is 0 Å². The fourth-order valence-electron chi connectivity index (χ4n) is 2.21. The third-order valence-corrected chi connectivity index (χ3v) is 3.34. The zero-order valence-corrected chi connectivity index (χ0v) is 9.20. The van der Waals surface area contributed by atoms with E-state index in [0.29, 0.717) is 23.3 Å². The number of rotatable bonds is 1. The molecule has 15 heavy (non-hydrogen) atoms. The quantitative estimate of drug-likeness (QED) is 0.454. The number of aliphatic hydroxyl groups is 1. The van der Waals surface area contributed by atoms with Crippen LogP contribution in [0, 0.1) is 5.21 Å². The first-order valence-electron chi connectivity index (χ1n) is 5.24. The van der Waals surface area contributed by atoms with Gasteiger partial charge in [0.05, 0.1) is 0 Å². The molecule has 82 valence electrons. The fraction of sp³-hybridized carbons (Fsp3) is 0.545. The van der Waals surface area contributed by atoms with Crippen LogP contribution in [0.2, 0.25) is 5.15 Å². The molecule has 0 aliphatic heterocycles. The van der Waals surface area contributed by atoms with Crippen molar-refractivity contribution in [3.63, 3.8) is 0 Å². The second-order valence-electron chi connectivity index (χ2n) is 4.12. The van der Waals surface area contributed by atoms with Crippen LogP contribution in [0.3, 0.4) is 0 Å². The van der Waals surface area contributed by atoms with Crippen LogP contribution in [-0.2, 0) is 5.60 Å². The average molecular weight is 228 g/mol. The number of nitrogens with zero attached hydrogens (tertiary/aromatic N) is 1. The van der Waals surface area contributed by atoms with Gasteiger partial charge in [-0.05, 0) is 43.4 Å². The third kappa shape index (κ3) is 1.94. The molecule has 4 heteroatoms. The summed E-state index contributed by atoms with van der Waals surface area (Å²) in [5.41, 5.74) is -0.597. The molecule has 1 aromatic heterocycles. The summed E-state index contributed by atoms with van der Waals surface area (Å²) >= 11 is 5.73. The topological polar surface area (TPSA) is 47.2 Å². The summed E-state index contributed by atoms with van der Waals surface area (Å²) in [5, 5.41) is 22.2. The fourth-order valence-corrected chi connectivity index (χ4v) is 2.37. The van der Waals surface area contributed by atoms with Gasteiger partial charge in [-0.25, -0.2) is 0 Å². The van der Waals surface area contributed by atoms with Gasteiger partial charge in [0.1, 0.15) is 5.60 Å².